The molecule has 5 heteroatoms. The van der Waals surface area contributed by atoms with E-state index < -0.39 is 5.97 Å². The largest absolute Gasteiger partial charge is 0.494 e. The lowest BCUT2D eigenvalue weighted by Crippen LogP contribution is -1.99. The minimum Gasteiger partial charge on any atom is -0.494 e. The van der Waals surface area contributed by atoms with Gasteiger partial charge >= 0.3 is 5.97 Å². The van der Waals surface area contributed by atoms with Gasteiger partial charge in [-0.1, -0.05) is 12.1 Å². The van der Waals surface area contributed by atoms with Crippen molar-refractivity contribution >= 4 is 17.3 Å². The number of ether oxygens (including phenoxy) is 1. The summed E-state index contributed by atoms with van der Waals surface area (Å²) in [6.45, 7) is 4.39. The molecule has 0 aliphatic heterocycles. The third kappa shape index (κ3) is 3.32. The van der Waals surface area contributed by atoms with Crippen LogP contribution in [-0.4, -0.2) is 22.7 Å². The van der Waals surface area contributed by atoms with Crippen molar-refractivity contribution in [2.75, 3.05) is 6.61 Å². The lowest BCUT2D eigenvalue weighted by molar-refractivity contribution is -0.136. The molecule has 0 fully saturated rings. The van der Waals surface area contributed by atoms with Crippen molar-refractivity contribution < 1.29 is 14.6 Å². The first-order chi connectivity index (χ1) is 9.10. The molecule has 1 N–H and O–H groups in total. The summed E-state index contributed by atoms with van der Waals surface area (Å²) in [7, 11) is 0. The van der Waals surface area contributed by atoms with Crippen LogP contribution in [0.5, 0.6) is 5.75 Å². The molecule has 2 rings (SSSR count). The van der Waals surface area contributed by atoms with Crippen LogP contribution in [0.3, 0.4) is 0 Å². The molecule has 0 spiro atoms. The lowest BCUT2D eigenvalue weighted by Gasteiger charge is -2.03. The summed E-state index contributed by atoms with van der Waals surface area (Å²) in [4.78, 5) is 16.0. The van der Waals surface area contributed by atoms with E-state index in [1.165, 1.54) is 11.3 Å². The van der Waals surface area contributed by atoms with Crippen LogP contribution in [0.1, 0.15) is 17.5 Å². The number of carboxylic acids is 1. The second-order valence-electron chi connectivity index (χ2n) is 4.06. The third-order valence-corrected chi connectivity index (χ3v) is 3.80. The van der Waals surface area contributed by atoms with Crippen LogP contribution < -0.4 is 4.74 Å². The Hall–Kier alpha value is -1.88. The first kappa shape index (κ1) is 13.5. The number of hydrogen-bond donors (Lipinski definition) is 1. The summed E-state index contributed by atoms with van der Waals surface area (Å²) in [6.07, 6.45) is 0.0225. The van der Waals surface area contributed by atoms with Crippen molar-refractivity contribution in [3.8, 4) is 16.3 Å². The highest BCUT2D eigenvalue weighted by Crippen LogP contribution is 2.30. The summed E-state index contributed by atoms with van der Waals surface area (Å²) in [6, 6.07) is 7.68. The van der Waals surface area contributed by atoms with E-state index >= 15 is 0 Å². The van der Waals surface area contributed by atoms with E-state index in [0.29, 0.717) is 6.61 Å². The molecule has 100 valence electrons. The molecule has 0 saturated carbocycles. The Kier molecular flexibility index (Phi) is 4.16. The fraction of sp³-hybridized carbons (Fsp3) is 0.286. The van der Waals surface area contributed by atoms with Gasteiger partial charge in [0, 0.05) is 10.4 Å². The zero-order valence-electron chi connectivity index (χ0n) is 10.8. The van der Waals surface area contributed by atoms with Crippen molar-refractivity contribution in [2.24, 2.45) is 0 Å². The van der Waals surface area contributed by atoms with Crippen LogP contribution in [0.25, 0.3) is 10.6 Å². The number of thiazole rings is 1. The molecule has 0 aliphatic rings. The minimum atomic E-state index is -0.832. The Balaban J connectivity index is 2.31. The normalized spacial score (nSPS) is 10.4. The second-order valence-corrected chi connectivity index (χ2v) is 5.14. The molecule has 0 unspecified atom stereocenters. The van der Waals surface area contributed by atoms with Crippen LogP contribution in [-0.2, 0) is 11.2 Å². The fourth-order valence-electron chi connectivity index (χ4n) is 1.74. The predicted molar refractivity (Wildman–Crippen MR) is 74.8 cm³/mol. The molecule has 1 heterocycles. The van der Waals surface area contributed by atoms with E-state index in [0.717, 1.165) is 26.9 Å². The van der Waals surface area contributed by atoms with Crippen LogP contribution in [0, 0.1) is 6.92 Å². The number of carboxylic acid groups (broad SMARTS) is 1. The quantitative estimate of drug-likeness (QED) is 0.912. The number of rotatable bonds is 5. The van der Waals surface area contributed by atoms with Gasteiger partial charge in [0.15, 0.2) is 0 Å². The summed E-state index contributed by atoms with van der Waals surface area (Å²) in [5.74, 6) is -0.0333. The molecule has 0 atom stereocenters. The average Bonchev–Trinajstić information content (AvgIpc) is 2.71. The summed E-state index contributed by atoms with van der Waals surface area (Å²) >= 11 is 1.42. The smallest absolute Gasteiger partial charge is 0.308 e. The Morgan fingerprint density at radius 2 is 2.26 bits per heavy atom. The first-order valence-electron chi connectivity index (χ1n) is 6.01. The molecule has 19 heavy (non-hydrogen) atoms. The Morgan fingerprint density at radius 1 is 1.47 bits per heavy atom. The van der Waals surface area contributed by atoms with Gasteiger partial charge in [0.05, 0.1) is 18.7 Å². The maximum atomic E-state index is 10.8. The van der Waals surface area contributed by atoms with Crippen molar-refractivity contribution in [3.63, 3.8) is 0 Å². The molecule has 1 aromatic heterocycles. The maximum absolute atomic E-state index is 10.8. The van der Waals surface area contributed by atoms with Crippen molar-refractivity contribution in [3.05, 3.63) is 34.8 Å². The van der Waals surface area contributed by atoms with E-state index in [2.05, 4.69) is 4.98 Å². The van der Waals surface area contributed by atoms with Crippen LogP contribution >= 0.6 is 11.3 Å². The minimum absolute atomic E-state index is 0.0225. The van der Waals surface area contributed by atoms with E-state index in [9.17, 15) is 4.79 Å². The first-order valence-corrected chi connectivity index (χ1v) is 6.83. The van der Waals surface area contributed by atoms with Gasteiger partial charge in [-0.3, -0.25) is 4.79 Å². The zero-order valence-corrected chi connectivity index (χ0v) is 11.7. The molecule has 0 bridgehead atoms. The van der Waals surface area contributed by atoms with Crippen LogP contribution in [0.2, 0.25) is 0 Å². The summed E-state index contributed by atoms with van der Waals surface area (Å²) < 4.78 is 5.45. The highest BCUT2D eigenvalue weighted by atomic mass is 32.1. The van der Waals surface area contributed by atoms with Gasteiger partial charge in [-0.25, -0.2) is 4.98 Å². The number of carbonyl (C=O) groups is 1. The summed E-state index contributed by atoms with van der Waals surface area (Å²) in [5.41, 5.74) is 1.74. The van der Waals surface area contributed by atoms with Crippen LogP contribution in [0.15, 0.2) is 24.3 Å². The molecule has 2 aromatic rings. The van der Waals surface area contributed by atoms with Crippen molar-refractivity contribution in [1.29, 1.82) is 0 Å². The SMILES string of the molecule is CCOc1cccc(-c2nc(C)c(CC(=O)O)s2)c1. The molecular formula is C14H15NO3S. The second kappa shape index (κ2) is 5.84. The molecule has 1 aromatic carbocycles. The number of nitrogens with zero attached hydrogens (tertiary/aromatic N) is 1. The van der Waals surface area contributed by atoms with Gasteiger partial charge in [-0.15, -0.1) is 11.3 Å². The number of aryl methyl sites for hydroxylation is 1. The van der Waals surface area contributed by atoms with E-state index in [4.69, 9.17) is 9.84 Å². The van der Waals surface area contributed by atoms with E-state index in [-0.39, 0.29) is 6.42 Å². The van der Waals surface area contributed by atoms with Gasteiger partial charge in [-0.2, -0.15) is 0 Å². The van der Waals surface area contributed by atoms with Gasteiger partial charge < -0.3 is 9.84 Å². The highest BCUT2D eigenvalue weighted by molar-refractivity contribution is 7.15. The summed E-state index contributed by atoms with van der Waals surface area (Å²) in [5, 5.41) is 9.67. The fourth-order valence-corrected chi connectivity index (χ4v) is 2.79. The van der Waals surface area contributed by atoms with Crippen LogP contribution in [0.4, 0.5) is 0 Å². The molecule has 0 radical (unpaired) electrons. The monoisotopic (exact) mass is 277 g/mol. The van der Waals surface area contributed by atoms with E-state index in [1.807, 2.05) is 38.1 Å². The van der Waals surface area contributed by atoms with Gasteiger partial charge in [0.2, 0.25) is 0 Å². The van der Waals surface area contributed by atoms with Crippen molar-refractivity contribution in [1.82, 2.24) is 4.98 Å². The topological polar surface area (TPSA) is 59.4 Å². The van der Waals surface area contributed by atoms with Gasteiger partial charge in [0.1, 0.15) is 10.8 Å². The average molecular weight is 277 g/mol. The molecule has 0 aliphatic carbocycles. The Labute approximate surface area is 115 Å². The van der Waals surface area contributed by atoms with E-state index in [1.54, 1.807) is 0 Å². The van der Waals surface area contributed by atoms with Gasteiger partial charge in [-0.05, 0) is 26.0 Å². The third-order valence-electron chi connectivity index (χ3n) is 2.60. The number of hydrogen-bond acceptors (Lipinski definition) is 4. The molecule has 4 nitrogen and oxygen atoms in total. The molecular weight excluding hydrogens is 262 g/mol. The number of aliphatic carboxylic acids is 1. The Morgan fingerprint density at radius 3 is 2.95 bits per heavy atom. The molecule has 0 saturated heterocycles. The lowest BCUT2D eigenvalue weighted by atomic mass is 10.2. The number of aromatic nitrogens is 1. The predicted octanol–water partition coefficient (Wildman–Crippen LogP) is 3.14. The standard InChI is InChI=1S/C14H15NO3S/c1-3-18-11-6-4-5-10(7-11)14-15-9(2)12(19-14)8-13(16)17/h4-7H,3,8H2,1-2H3,(H,16,17). The Bertz CT molecular complexity index is 592. The molecule has 0 amide bonds. The number of benzene rings is 1. The van der Waals surface area contributed by atoms with Gasteiger partial charge in [0.25, 0.3) is 0 Å². The maximum Gasteiger partial charge on any atom is 0.308 e. The van der Waals surface area contributed by atoms with Crippen molar-refractivity contribution in [2.45, 2.75) is 20.3 Å². The highest BCUT2D eigenvalue weighted by Gasteiger charge is 2.12. The zero-order chi connectivity index (χ0) is 13.8.